The van der Waals surface area contributed by atoms with Crippen molar-refractivity contribution in [1.29, 1.82) is 0 Å². The van der Waals surface area contributed by atoms with Gasteiger partial charge in [-0.3, -0.25) is 19.4 Å². The molecule has 32 heavy (non-hydrogen) atoms. The first kappa shape index (κ1) is 22.0. The first-order valence-electron chi connectivity index (χ1n) is 11.2. The van der Waals surface area contributed by atoms with Gasteiger partial charge in [-0.25, -0.2) is 9.59 Å². The number of amides is 4. The van der Waals surface area contributed by atoms with Crippen molar-refractivity contribution in [2.24, 2.45) is 0 Å². The third-order valence-corrected chi connectivity index (χ3v) is 6.34. The van der Waals surface area contributed by atoms with Crippen LogP contribution >= 0.6 is 0 Å². The first-order valence-corrected chi connectivity index (χ1v) is 11.2. The number of nitrogens with zero attached hydrogens (tertiary/aromatic N) is 2. The maximum absolute atomic E-state index is 12.9. The van der Waals surface area contributed by atoms with E-state index in [0.717, 1.165) is 46.6 Å². The van der Waals surface area contributed by atoms with Crippen LogP contribution in [0, 0.1) is 6.92 Å². The van der Waals surface area contributed by atoms with Gasteiger partial charge in [0.25, 0.3) is 0 Å². The molecule has 4 amide bonds. The van der Waals surface area contributed by atoms with E-state index in [1.807, 2.05) is 13.0 Å². The molecule has 1 saturated heterocycles. The molecule has 0 atom stereocenters. The van der Waals surface area contributed by atoms with Gasteiger partial charge >= 0.3 is 23.5 Å². The van der Waals surface area contributed by atoms with Gasteiger partial charge in [-0.05, 0) is 73.8 Å². The molecule has 1 fully saturated rings. The van der Waals surface area contributed by atoms with E-state index < -0.39 is 23.5 Å². The molecule has 0 spiro atoms. The van der Waals surface area contributed by atoms with Gasteiger partial charge < -0.3 is 4.42 Å². The van der Waals surface area contributed by atoms with Gasteiger partial charge in [-0.15, -0.1) is 0 Å². The summed E-state index contributed by atoms with van der Waals surface area (Å²) < 4.78 is 5.36. The number of aryl methyl sites for hydroxylation is 1. The fraction of sp³-hybridized carbons (Fsp3) is 0.440. The second-order valence-electron chi connectivity index (χ2n) is 8.94. The van der Waals surface area contributed by atoms with Crippen LogP contribution in [0.4, 0.5) is 4.79 Å². The number of benzene rings is 1. The Hall–Kier alpha value is -3.22. The Morgan fingerprint density at radius 3 is 2.44 bits per heavy atom. The van der Waals surface area contributed by atoms with Crippen LogP contribution in [0.15, 0.2) is 39.1 Å². The van der Waals surface area contributed by atoms with Gasteiger partial charge in [0.05, 0.1) is 6.54 Å². The summed E-state index contributed by atoms with van der Waals surface area (Å²) in [6.45, 7) is 6.14. The zero-order valence-corrected chi connectivity index (χ0v) is 18.8. The lowest BCUT2D eigenvalue weighted by atomic mass is 9.95. The third-order valence-electron chi connectivity index (χ3n) is 6.34. The van der Waals surface area contributed by atoms with E-state index >= 15 is 0 Å². The predicted molar refractivity (Wildman–Crippen MR) is 120 cm³/mol. The number of allylic oxidation sites excluding steroid dienone is 1. The molecule has 0 N–H and O–H groups in total. The highest BCUT2D eigenvalue weighted by Crippen LogP contribution is 2.28. The summed E-state index contributed by atoms with van der Waals surface area (Å²) in [6.07, 6.45) is 7.01. The summed E-state index contributed by atoms with van der Waals surface area (Å²) in [7, 11) is 0. The van der Waals surface area contributed by atoms with Gasteiger partial charge in [0.1, 0.15) is 5.58 Å². The van der Waals surface area contributed by atoms with Crippen LogP contribution in [0.25, 0.3) is 11.0 Å². The predicted octanol–water partition coefficient (Wildman–Crippen LogP) is 4.41. The number of fused-ring (bicyclic) bond motifs is 1. The van der Waals surface area contributed by atoms with Crippen LogP contribution < -0.4 is 5.63 Å². The zero-order valence-electron chi connectivity index (χ0n) is 18.8. The number of hydrogen-bond acceptors (Lipinski definition) is 5. The zero-order chi connectivity index (χ0) is 23.0. The number of rotatable bonds is 6. The highest BCUT2D eigenvalue weighted by Gasteiger charge is 2.44. The monoisotopic (exact) mass is 436 g/mol. The van der Waals surface area contributed by atoms with Crippen molar-refractivity contribution in [2.45, 2.75) is 65.3 Å². The Morgan fingerprint density at radius 1 is 1.00 bits per heavy atom. The maximum Gasteiger partial charge on any atom is 0.336 e. The van der Waals surface area contributed by atoms with E-state index in [1.54, 1.807) is 6.07 Å². The molecule has 0 radical (unpaired) electrons. The number of hydrogen-bond donors (Lipinski definition) is 0. The second kappa shape index (κ2) is 8.73. The summed E-state index contributed by atoms with van der Waals surface area (Å²) in [5.41, 5.74) is 3.65. The largest absolute Gasteiger partial charge is 0.423 e. The van der Waals surface area contributed by atoms with Gasteiger partial charge in [0, 0.05) is 18.0 Å². The molecule has 0 unspecified atom stereocenters. The fourth-order valence-corrected chi connectivity index (χ4v) is 4.59. The summed E-state index contributed by atoms with van der Waals surface area (Å²) >= 11 is 0. The summed E-state index contributed by atoms with van der Waals surface area (Å²) in [5.74, 6) is -1.41. The Kier molecular flexibility index (Phi) is 6.00. The molecule has 2 aliphatic rings. The molecule has 1 aliphatic carbocycles. The van der Waals surface area contributed by atoms with Crippen molar-refractivity contribution in [3.8, 4) is 0 Å². The number of carbonyl (C=O) groups is 3. The molecule has 4 rings (SSSR count). The maximum atomic E-state index is 12.9. The Bertz CT molecular complexity index is 1190. The average molecular weight is 437 g/mol. The lowest BCUT2D eigenvalue weighted by Crippen LogP contribution is -2.34. The number of imide groups is 2. The minimum atomic E-state index is -0.856. The van der Waals surface area contributed by atoms with Gasteiger partial charge in [-0.1, -0.05) is 25.5 Å². The molecule has 1 aromatic carbocycles. The van der Waals surface area contributed by atoms with Crippen LogP contribution in [0.5, 0.6) is 0 Å². The van der Waals surface area contributed by atoms with Crippen LogP contribution in [0.2, 0.25) is 0 Å². The Labute approximate surface area is 186 Å². The normalized spacial score (nSPS) is 17.1. The fourth-order valence-electron chi connectivity index (χ4n) is 4.59. The molecular weight excluding hydrogens is 408 g/mol. The van der Waals surface area contributed by atoms with Crippen LogP contribution in [0.1, 0.15) is 68.6 Å². The molecule has 1 aliphatic heterocycles. The minimum Gasteiger partial charge on any atom is -0.423 e. The minimum absolute atomic E-state index is 0.148. The first-order chi connectivity index (χ1) is 15.3. The standard InChI is InChI=1S/C25H28N2O5/c1-15(2)19-13-20-18(12-22(28)32-21(20)11-16(19)3)14-27-24(30)23(29)26(25(27)31)10-9-17-7-5-4-6-8-17/h7,11-13,15H,4-6,8-10,14H2,1-3H3. The summed E-state index contributed by atoms with van der Waals surface area (Å²) in [4.78, 5) is 52.2. The van der Waals surface area contributed by atoms with Crippen molar-refractivity contribution < 1.29 is 18.8 Å². The van der Waals surface area contributed by atoms with Crippen LogP contribution in [-0.4, -0.2) is 34.2 Å². The van der Waals surface area contributed by atoms with Gasteiger partial charge in [0.15, 0.2) is 0 Å². The van der Waals surface area contributed by atoms with Crippen molar-refractivity contribution in [3.63, 3.8) is 0 Å². The van der Waals surface area contributed by atoms with E-state index in [1.165, 1.54) is 11.6 Å². The third kappa shape index (κ3) is 4.11. The quantitative estimate of drug-likeness (QED) is 0.290. The van der Waals surface area contributed by atoms with E-state index in [2.05, 4.69) is 19.9 Å². The Balaban J connectivity index is 1.61. The highest BCUT2D eigenvalue weighted by atomic mass is 16.4. The molecule has 0 saturated carbocycles. The van der Waals surface area contributed by atoms with E-state index in [9.17, 15) is 19.2 Å². The van der Waals surface area contributed by atoms with E-state index in [4.69, 9.17) is 4.42 Å². The average Bonchev–Trinajstić information content (AvgIpc) is 2.95. The Morgan fingerprint density at radius 2 is 1.75 bits per heavy atom. The molecule has 2 aromatic rings. The summed E-state index contributed by atoms with van der Waals surface area (Å²) in [6, 6.07) is 4.41. The topological polar surface area (TPSA) is 87.9 Å². The van der Waals surface area contributed by atoms with Crippen LogP contribution in [0.3, 0.4) is 0 Å². The van der Waals surface area contributed by atoms with Gasteiger partial charge in [0.2, 0.25) is 0 Å². The van der Waals surface area contributed by atoms with Crippen molar-refractivity contribution in [2.75, 3.05) is 6.54 Å². The second-order valence-corrected chi connectivity index (χ2v) is 8.94. The lowest BCUT2D eigenvalue weighted by molar-refractivity contribution is -0.143. The molecule has 7 nitrogen and oxygen atoms in total. The number of carbonyl (C=O) groups excluding carboxylic acids is 3. The van der Waals surface area contributed by atoms with Crippen molar-refractivity contribution >= 4 is 28.8 Å². The van der Waals surface area contributed by atoms with E-state index in [-0.39, 0.29) is 19.0 Å². The van der Waals surface area contributed by atoms with Crippen molar-refractivity contribution in [3.05, 3.63) is 57.0 Å². The molecule has 2 heterocycles. The lowest BCUT2D eigenvalue weighted by Gasteiger charge is -2.18. The molecule has 0 bridgehead atoms. The highest BCUT2D eigenvalue weighted by molar-refractivity contribution is 6.44. The van der Waals surface area contributed by atoms with Crippen LogP contribution in [-0.2, 0) is 16.1 Å². The molecule has 1 aromatic heterocycles. The smallest absolute Gasteiger partial charge is 0.336 e. The summed E-state index contributed by atoms with van der Waals surface area (Å²) in [5, 5.41) is 0.665. The van der Waals surface area contributed by atoms with E-state index in [0.29, 0.717) is 23.0 Å². The molecule has 7 heteroatoms. The number of urea groups is 1. The van der Waals surface area contributed by atoms with Gasteiger partial charge in [-0.2, -0.15) is 0 Å². The molecular formula is C25H28N2O5. The molecule has 168 valence electrons. The SMILES string of the molecule is Cc1cc2oc(=O)cc(CN3C(=O)C(=O)N(CCC4=CCCCC4)C3=O)c2cc1C(C)C. The van der Waals surface area contributed by atoms with Crippen molar-refractivity contribution in [1.82, 2.24) is 9.80 Å².